The van der Waals surface area contributed by atoms with Crippen LogP contribution in [0, 0.1) is 5.41 Å². The highest BCUT2D eigenvalue weighted by atomic mass is 16.4. The van der Waals surface area contributed by atoms with Crippen LogP contribution in [-0.4, -0.2) is 47.0 Å². The van der Waals surface area contributed by atoms with Crippen LogP contribution >= 0.6 is 0 Å². The molecule has 108 valence electrons. The molecule has 0 saturated carbocycles. The number of carboxylic acid groups (broad SMARTS) is 1. The summed E-state index contributed by atoms with van der Waals surface area (Å²) in [6, 6.07) is -1.50. The van der Waals surface area contributed by atoms with Crippen molar-refractivity contribution in [1.82, 2.24) is 10.2 Å². The van der Waals surface area contributed by atoms with Gasteiger partial charge >= 0.3 is 12.0 Å². The van der Waals surface area contributed by atoms with Crippen LogP contribution in [0.4, 0.5) is 4.79 Å². The van der Waals surface area contributed by atoms with Gasteiger partial charge in [-0.1, -0.05) is 13.3 Å². The van der Waals surface area contributed by atoms with E-state index in [1.54, 1.807) is 0 Å². The molecule has 0 aliphatic carbocycles. The first kappa shape index (κ1) is 15.3. The largest absolute Gasteiger partial charge is 0.481 e. The van der Waals surface area contributed by atoms with E-state index in [0.717, 1.165) is 6.42 Å². The normalized spacial score (nSPS) is 24.0. The summed E-state index contributed by atoms with van der Waals surface area (Å²) in [5.74, 6) is -1.15. The van der Waals surface area contributed by atoms with Crippen molar-refractivity contribution in [1.29, 1.82) is 0 Å². The predicted octanol–water partition coefficient (Wildman–Crippen LogP) is 0.147. The fourth-order valence-electron chi connectivity index (χ4n) is 2.57. The first-order valence-electron chi connectivity index (χ1n) is 6.40. The molecule has 0 bridgehead atoms. The van der Waals surface area contributed by atoms with E-state index in [1.807, 2.05) is 6.92 Å². The Morgan fingerprint density at radius 1 is 1.47 bits per heavy atom. The topological polar surface area (TPSA) is 113 Å². The Balaban J connectivity index is 2.71. The van der Waals surface area contributed by atoms with Crippen LogP contribution < -0.4 is 11.1 Å². The first-order valence-corrected chi connectivity index (χ1v) is 6.40. The van der Waals surface area contributed by atoms with Crippen LogP contribution in [0.2, 0.25) is 0 Å². The fraction of sp³-hybridized carbons (Fsp3) is 0.750. The van der Waals surface area contributed by atoms with Gasteiger partial charge in [-0.05, 0) is 19.8 Å². The second-order valence-corrected chi connectivity index (χ2v) is 5.08. The highest BCUT2D eigenvalue weighted by Crippen LogP contribution is 2.35. The number of amides is 3. The molecule has 1 heterocycles. The molecule has 7 nitrogen and oxygen atoms in total. The quantitative estimate of drug-likeness (QED) is 0.660. The molecule has 0 aromatic heterocycles. The van der Waals surface area contributed by atoms with Crippen molar-refractivity contribution in [3.63, 3.8) is 0 Å². The minimum atomic E-state index is -0.861. The molecule has 3 amide bonds. The number of nitrogens with zero attached hydrogens (tertiary/aromatic N) is 1. The second kappa shape index (κ2) is 5.90. The molecule has 7 heteroatoms. The van der Waals surface area contributed by atoms with Crippen LogP contribution in [0.1, 0.15) is 33.1 Å². The molecule has 0 aromatic rings. The molecule has 1 rings (SSSR count). The molecule has 1 aliphatic rings. The van der Waals surface area contributed by atoms with Crippen molar-refractivity contribution in [3.8, 4) is 0 Å². The van der Waals surface area contributed by atoms with Crippen molar-refractivity contribution in [3.05, 3.63) is 0 Å². The van der Waals surface area contributed by atoms with Gasteiger partial charge in [-0.3, -0.25) is 9.59 Å². The van der Waals surface area contributed by atoms with Gasteiger partial charge in [-0.25, -0.2) is 4.79 Å². The first-order chi connectivity index (χ1) is 8.82. The number of likely N-dealkylation sites (tertiary alicyclic amines) is 1. The summed E-state index contributed by atoms with van der Waals surface area (Å²) in [5, 5.41) is 11.7. The van der Waals surface area contributed by atoms with E-state index in [-0.39, 0.29) is 12.5 Å². The number of carbonyl (C=O) groups excluding carboxylic acids is 2. The van der Waals surface area contributed by atoms with E-state index in [1.165, 1.54) is 11.8 Å². The predicted molar refractivity (Wildman–Crippen MR) is 68.4 cm³/mol. The molecule has 0 spiro atoms. The number of nitrogens with two attached hydrogens (primary N) is 1. The monoisotopic (exact) mass is 271 g/mol. The van der Waals surface area contributed by atoms with Crippen molar-refractivity contribution in [2.75, 3.05) is 13.1 Å². The number of carbonyl (C=O) groups is 3. The summed E-state index contributed by atoms with van der Waals surface area (Å²) < 4.78 is 0. The molecular weight excluding hydrogens is 250 g/mol. The Bertz CT molecular complexity index is 385. The van der Waals surface area contributed by atoms with E-state index in [2.05, 4.69) is 5.32 Å². The maximum Gasteiger partial charge on any atom is 0.312 e. The second-order valence-electron chi connectivity index (χ2n) is 5.08. The lowest BCUT2D eigenvalue weighted by atomic mass is 9.83. The van der Waals surface area contributed by atoms with E-state index in [9.17, 15) is 19.5 Å². The Hall–Kier alpha value is -1.79. The Morgan fingerprint density at radius 2 is 2.11 bits per heavy atom. The minimum absolute atomic E-state index is 0.194. The number of hydrogen-bond acceptors (Lipinski definition) is 3. The maximum atomic E-state index is 12.1. The van der Waals surface area contributed by atoms with Crippen LogP contribution in [0.3, 0.4) is 0 Å². The standard InChI is InChI=1S/C12H21N3O4/c1-3-4-12(10(17)18)5-6-15(7-12)9(16)8(2)14-11(13)19/h8H,3-7H2,1-2H3,(H,17,18)(H3,13,14,19). The zero-order valence-corrected chi connectivity index (χ0v) is 11.3. The van der Waals surface area contributed by atoms with Crippen molar-refractivity contribution >= 4 is 17.9 Å². The average molecular weight is 271 g/mol. The number of primary amides is 1. The minimum Gasteiger partial charge on any atom is -0.481 e. The van der Waals surface area contributed by atoms with E-state index in [0.29, 0.717) is 19.4 Å². The summed E-state index contributed by atoms with van der Waals surface area (Å²) in [6.07, 6.45) is 1.75. The molecule has 1 aliphatic heterocycles. The third-order valence-corrected chi connectivity index (χ3v) is 3.58. The van der Waals surface area contributed by atoms with Gasteiger partial charge in [0.05, 0.1) is 5.41 Å². The summed E-state index contributed by atoms with van der Waals surface area (Å²) in [7, 11) is 0. The van der Waals surface area contributed by atoms with Gasteiger partial charge in [-0.15, -0.1) is 0 Å². The third kappa shape index (κ3) is 3.36. The number of carboxylic acids is 1. The molecule has 19 heavy (non-hydrogen) atoms. The van der Waals surface area contributed by atoms with Gasteiger partial charge in [0.25, 0.3) is 0 Å². The lowest BCUT2D eigenvalue weighted by molar-refractivity contribution is -0.149. The fourth-order valence-corrected chi connectivity index (χ4v) is 2.57. The smallest absolute Gasteiger partial charge is 0.312 e. The van der Waals surface area contributed by atoms with Gasteiger partial charge in [0.1, 0.15) is 6.04 Å². The van der Waals surface area contributed by atoms with E-state index in [4.69, 9.17) is 5.73 Å². The molecule has 0 aromatic carbocycles. The van der Waals surface area contributed by atoms with Crippen LogP contribution in [0.5, 0.6) is 0 Å². The zero-order chi connectivity index (χ0) is 14.6. The molecule has 1 fully saturated rings. The zero-order valence-electron chi connectivity index (χ0n) is 11.3. The molecular formula is C12H21N3O4. The van der Waals surface area contributed by atoms with E-state index >= 15 is 0 Å². The highest BCUT2D eigenvalue weighted by Gasteiger charge is 2.45. The molecule has 1 saturated heterocycles. The van der Waals surface area contributed by atoms with Crippen LogP contribution in [0.25, 0.3) is 0 Å². The summed E-state index contributed by atoms with van der Waals surface area (Å²) in [4.78, 5) is 35.7. The summed E-state index contributed by atoms with van der Waals surface area (Å²) >= 11 is 0. The molecule has 2 atom stereocenters. The Kier molecular flexibility index (Phi) is 4.74. The maximum absolute atomic E-state index is 12.1. The average Bonchev–Trinajstić information content (AvgIpc) is 2.73. The highest BCUT2D eigenvalue weighted by molar-refractivity contribution is 5.87. The van der Waals surface area contributed by atoms with Gasteiger partial charge in [0.2, 0.25) is 5.91 Å². The van der Waals surface area contributed by atoms with Gasteiger partial charge < -0.3 is 21.1 Å². The van der Waals surface area contributed by atoms with Gasteiger partial charge in [0, 0.05) is 13.1 Å². The molecule has 4 N–H and O–H groups in total. The Morgan fingerprint density at radius 3 is 2.58 bits per heavy atom. The Labute approximate surface area is 112 Å². The molecule has 0 radical (unpaired) electrons. The summed E-state index contributed by atoms with van der Waals surface area (Å²) in [6.45, 7) is 4.05. The number of urea groups is 1. The summed E-state index contributed by atoms with van der Waals surface area (Å²) in [5.41, 5.74) is 4.11. The lowest BCUT2D eigenvalue weighted by Crippen LogP contribution is -2.48. The van der Waals surface area contributed by atoms with Gasteiger partial charge in [0.15, 0.2) is 0 Å². The van der Waals surface area contributed by atoms with Crippen molar-refractivity contribution in [2.24, 2.45) is 11.1 Å². The molecule has 2 unspecified atom stereocenters. The van der Waals surface area contributed by atoms with Crippen LogP contribution in [0.15, 0.2) is 0 Å². The van der Waals surface area contributed by atoms with Crippen LogP contribution in [-0.2, 0) is 9.59 Å². The third-order valence-electron chi connectivity index (χ3n) is 3.58. The number of hydrogen-bond donors (Lipinski definition) is 3. The number of aliphatic carboxylic acids is 1. The van der Waals surface area contributed by atoms with Crippen molar-refractivity contribution < 1.29 is 19.5 Å². The number of nitrogens with one attached hydrogen (secondary N) is 1. The van der Waals surface area contributed by atoms with Gasteiger partial charge in [-0.2, -0.15) is 0 Å². The lowest BCUT2D eigenvalue weighted by Gasteiger charge is -2.25. The van der Waals surface area contributed by atoms with Crippen molar-refractivity contribution in [2.45, 2.75) is 39.2 Å². The SMILES string of the molecule is CCCC1(C(=O)O)CCN(C(=O)C(C)NC(N)=O)C1. The number of rotatable bonds is 5. The van der Waals surface area contributed by atoms with E-state index < -0.39 is 23.5 Å².